The van der Waals surface area contributed by atoms with Crippen molar-refractivity contribution in [3.05, 3.63) is 65.3 Å². The van der Waals surface area contributed by atoms with E-state index in [0.29, 0.717) is 6.42 Å². The summed E-state index contributed by atoms with van der Waals surface area (Å²) in [5, 5.41) is 30.5. The Hall–Kier alpha value is -2.72. The van der Waals surface area contributed by atoms with E-state index in [9.17, 15) is 24.9 Å². The third-order valence-corrected chi connectivity index (χ3v) is 6.07. The zero-order chi connectivity index (χ0) is 27.6. The Morgan fingerprint density at radius 1 is 0.921 bits per heavy atom. The van der Waals surface area contributed by atoms with E-state index < -0.39 is 42.1 Å². The minimum Gasteiger partial charge on any atom is -0.468 e. The van der Waals surface area contributed by atoms with E-state index in [2.05, 4.69) is 43.4 Å². The van der Waals surface area contributed by atoms with E-state index in [1.807, 2.05) is 0 Å². The van der Waals surface area contributed by atoms with Gasteiger partial charge in [0.05, 0.1) is 6.26 Å². The molecule has 5 atom stereocenters. The smallest absolute Gasteiger partial charge is 0.305 e. The molecule has 1 fully saturated rings. The van der Waals surface area contributed by atoms with E-state index in [1.54, 1.807) is 0 Å². The third-order valence-electron chi connectivity index (χ3n) is 6.07. The van der Waals surface area contributed by atoms with Gasteiger partial charge in [0.2, 0.25) is 17.5 Å². The predicted molar refractivity (Wildman–Crippen MR) is 143 cm³/mol. The lowest BCUT2D eigenvalue weighted by Crippen LogP contribution is -2.60. The second-order valence-electron chi connectivity index (χ2n) is 9.20. The van der Waals surface area contributed by atoms with Crippen molar-refractivity contribution < 1.29 is 38.7 Å². The largest absolute Gasteiger partial charge is 0.468 e. The maximum Gasteiger partial charge on any atom is 0.305 e. The van der Waals surface area contributed by atoms with Crippen molar-refractivity contribution in [3.8, 4) is 5.75 Å². The summed E-state index contributed by atoms with van der Waals surface area (Å²) in [6, 6.07) is 1.13. The Balaban J connectivity index is 1.57. The van der Waals surface area contributed by atoms with Crippen LogP contribution in [0.15, 0.2) is 64.3 Å². The number of unbranched alkanes of at least 4 members (excludes halogenated alkanes) is 5. The third kappa shape index (κ3) is 11.8. The summed E-state index contributed by atoms with van der Waals surface area (Å²) in [6.45, 7) is 1.80. The number of carbonyl (C=O) groups is 1. The Morgan fingerprint density at radius 3 is 2.34 bits per heavy atom. The van der Waals surface area contributed by atoms with Crippen LogP contribution in [0, 0.1) is 0 Å². The van der Waals surface area contributed by atoms with E-state index in [-0.39, 0.29) is 18.8 Å². The first-order chi connectivity index (χ1) is 18.4. The summed E-state index contributed by atoms with van der Waals surface area (Å²) in [6.07, 6.45) is 17.1. The molecule has 0 aromatic carbocycles. The van der Waals surface area contributed by atoms with Gasteiger partial charge in [-0.25, -0.2) is 0 Å². The van der Waals surface area contributed by atoms with Gasteiger partial charge in [0, 0.05) is 12.5 Å². The summed E-state index contributed by atoms with van der Waals surface area (Å²) < 4.78 is 20.9. The Morgan fingerprint density at radius 2 is 1.61 bits per heavy atom. The molecule has 2 rings (SSSR count). The number of hydrogen-bond acceptors (Lipinski definition) is 9. The number of rotatable bonds is 17. The molecule has 0 radical (unpaired) electrons. The number of esters is 1. The monoisotopic (exact) mass is 534 g/mol. The standard InChI is InChI=1S/C29H42O9/c1-2-3-4-5-6-7-8-9-10-11-12-13-14-15-16-17-25(31)36-21-24-26(32)27(33)28(34)29(38-24)37-23-20-35-19-18-22(23)30/h3-4,6-7,9-10,18-20,24,26-29,32-34H,2,5,8,11-17,21H2,1H3/b4-3+,7-6+,10-9+/t24-,26-,27+,28-,29-/m1/s1. The van der Waals surface area contributed by atoms with Crippen LogP contribution < -0.4 is 10.2 Å². The molecule has 9 heteroatoms. The number of carbonyl (C=O) groups excluding carboxylic acids is 1. The van der Waals surface area contributed by atoms with Gasteiger partial charge in [-0.1, -0.05) is 62.6 Å². The van der Waals surface area contributed by atoms with Crippen molar-refractivity contribution >= 4 is 5.97 Å². The fourth-order valence-electron chi connectivity index (χ4n) is 3.84. The number of hydrogen-bond donors (Lipinski definition) is 3. The quantitative estimate of drug-likeness (QED) is 0.154. The van der Waals surface area contributed by atoms with Crippen LogP contribution in [0.1, 0.15) is 71.1 Å². The Labute approximate surface area is 224 Å². The van der Waals surface area contributed by atoms with Crippen LogP contribution in [0.2, 0.25) is 0 Å². The summed E-state index contributed by atoms with van der Waals surface area (Å²) in [5.74, 6) is -0.668. The predicted octanol–water partition coefficient (Wildman–Crippen LogP) is 3.96. The average Bonchev–Trinajstić information content (AvgIpc) is 2.91. The fourth-order valence-corrected chi connectivity index (χ4v) is 3.84. The van der Waals surface area contributed by atoms with Gasteiger partial charge in [-0.05, 0) is 38.5 Å². The molecule has 3 N–H and O–H groups in total. The van der Waals surface area contributed by atoms with Gasteiger partial charge in [-0.3, -0.25) is 9.59 Å². The molecule has 0 spiro atoms. The lowest BCUT2D eigenvalue weighted by molar-refractivity contribution is -0.279. The SMILES string of the molecule is CC/C=C/C/C=C/C/C=C/CCCCCCCC(=O)OC[C@H]1O[C@@H](Oc2coccc2=O)[C@H](O)[C@@H](O)[C@@H]1O. The highest BCUT2D eigenvalue weighted by molar-refractivity contribution is 5.69. The van der Waals surface area contributed by atoms with Gasteiger partial charge in [-0.15, -0.1) is 0 Å². The molecule has 212 valence electrons. The van der Waals surface area contributed by atoms with Crippen LogP contribution in [0.3, 0.4) is 0 Å². The fraction of sp³-hybridized carbons (Fsp3) is 0.586. The molecule has 0 aliphatic carbocycles. The van der Waals surface area contributed by atoms with Crippen molar-refractivity contribution in [1.29, 1.82) is 0 Å². The number of ether oxygens (including phenoxy) is 3. The minimum atomic E-state index is -1.62. The molecule has 0 amide bonds. The molecule has 1 aliphatic heterocycles. The molecule has 2 heterocycles. The van der Waals surface area contributed by atoms with Crippen molar-refractivity contribution in [2.45, 2.75) is 102 Å². The molecule has 9 nitrogen and oxygen atoms in total. The molecular weight excluding hydrogens is 492 g/mol. The molecule has 0 saturated carbocycles. The van der Waals surface area contributed by atoms with Crippen LogP contribution in [0.4, 0.5) is 0 Å². The highest BCUT2D eigenvalue weighted by Crippen LogP contribution is 2.23. The minimum absolute atomic E-state index is 0.227. The van der Waals surface area contributed by atoms with Crippen molar-refractivity contribution in [2.75, 3.05) is 6.61 Å². The summed E-state index contributed by atoms with van der Waals surface area (Å²) in [7, 11) is 0. The highest BCUT2D eigenvalue weighted by Gasteiger charge is 2.45. The normalized spacial score (nSPS) is 23.9. The lowest BCUT2D eigenvalue weighted by atomic mass is 9.99. The van der Waals surface area contributed by atoms with Gasteiger partial charge in [0.25, 0.3) is 0 Å². The van der Waals surface area contributed by atoms with E-state index >= 15 is 0 Å². The van der Waals surface area contributed by atoms with Gasteiger partial charge in [-0.2, -0.15) is 0 Å². The van der Waals surface area contributed by atoms with Gasteiger partial charge in [0.15, 0.2) is 0 Å². The summed E-state index contributed by atoms with van der Waals surface area (Å²) in [4.78, 5) is 23.9. The molecule has 0 unspecified atom stereocenters. The second kappa shape index (κ2) is 18.5. The van der Waals surface area contributed by atoms with E-state index in [4.69, 9.17) is 18.6 Å². The van der Waals surface area contributed by atoms with Crippen LogP contribution in [0.25, 0.3) is 0 Å². The lowest BCUT2D eigenvalue weighted by Gasteiger charge is -2.39. The number of aliphatic hydroxyl groups excluding tert-OH is 3. The van der Waals surface area contributed by atoms with Crippen LogP contribution in [-0.4, -0.2) is 58.6 Å². The topological polar surface area (TPSA) is 136 Å². The maximum absolute atomic E-state index is 12.1. The second-order valence-corrected chi connectivity index (χ2v) is 9.20. The van der Waals surface area contributed by atoms with Gasteiger partial charge >= 0.3 is 5.97 Å². The molecular formula is C29H42O9. The molecule has 1 aliphatic rings. The molecule has 0 bridgehead atoms. The van der Waals surface area contributed by atoms with Crippen molar-refractivity contribution in [1.82, 2.24) is 0 Å². The van der Waals surface area contributed by atoms with Crippen LogP contribution >= 0.6 is 0 Å². The maximum atomic E-state index is 12.1. The Bertz CT molecular complexity index is 936. The highest BCUT2D eigenvalue weighted by atomic mass is 16.7. The van der Waals surface area contributed by atoms with Gasteiger partial charge < -0.3 is 33.9 Å². The number of aliphatic hydroxyl groups is 3. The van der Waals surface area contributed by atoms with Crippen molar-refractivity contribution in [2.24, 2.45) is 0 Å². The first kappa shape index (κ1) is 31.5. The van der Waals surface area contributed by atoms with Crippen molar-refractivity contribution in [3.63, 3.8) is 0 Å². The average molecular weight is 535 g/mol. The van der Waals surface area contributed by atoms with E-state index in [1.165, 1.54) is 6.26 Å². The first-order valence-corrected chi connectivity index (χ1v) is 13.5. The first-order valence-electron chi connectivity index (χ1n) is 13.5. The molecule has 1 aromatic rings. The molecule has 1 saturated heterocycles. The Kier molecular flexibility index (Phi) is 15.3. The molecule has 38 heavy (non-hydrogen) atoms. The zero-order valence-electron chi connectivity index (χ0n) is 22.2. The zero-order valence-corrected chi connectivity index (χ0v) is 22.2. The summed E-state index contributed by atoms with van der Waals surface area (Å²) in [5.41, 5.74) is -0.508. The number of allylic oxidation sites excluding steroid dienone is 6. The summed E-state index contributed by atoms with van der Waals surface area (Å²) >= 11 is 0. The van der Waals surface area contributed by atoms with E-state index in [0.717, 1.165) is 63.7 Å². The van der Waals surface area contributed by atoms with Crippen LogP contribution in [0.5, 0.6) is 5.75 Å². The van der Waals surface area contributed by atoms with Gasteiger partial charge in [0.1, 0.15) is 37.3 Å². The molecule has 1 aromatic heterocycles. The van der Waals surface area contributed by atoms with Crippen LogP contribution in [-0.2, 0) is 14.3 Å².